The van der Waals surface area contributed by atoms with Crippen molar-refractivity contribution >= 4 is 16.9 Å². The third-order valence-corrected chi connectivity index (χ3v) is 4.92. The summed E-state index contributed by atoms with van der Waals surface area (Å²) < 4.78 is 0. The van der Waals surface area contributed by atoms with E-state index in [-0.39, 0.29) is 0 Å². The van der Waals surface area contributed by atoms with Crippen LogP contribution >= 0.6 is 0 Å². The fourth-order valence-corrected chi connectivity index (χ4v) is 3.33. The van der Waals surface area contributed by atoms with E-state index in [4.69, 9.17) is 0 Å². The quantitative estimate of drug-likeness (QED) is 0.764. The standard InChI is InChI=1S/C22H28N2/c1-18(19-8-12-21(13-9-19)23(2)3)20-10-14-22(15-11-20)24-16-6-4-5-7-17-24/h8-15H,1,4-7,16-17H2,2-3H3. The number of hydrogen-bond acceptors (Lipinski definition) is 2. The largest absolute Gasteiger partial charge is 0.378 e. The molecule has 1 saturated heterocycles. The van der Waals surface area contributed by atoms with E-state index in [1.54, 1.807) is 0 Å². The van der Waals surface area contributed by atoms with Crippen LogP contribution in [0.25, 0.3) is 5.57 Å². The molecule has 1 aliphatic heterocycles. The van der Waals surface area contributed by atoms with E-state index in [0.717, 1.165) is 5.57 Å². The molecule has 2 nitrogen and oxygen atoms in total. The molecule has 1 aliphatic rings. The van der Waals surface area contributed by atoms with E-state index in [0.29, 0.717) is 0 Å². The molecule has 0 spiro atoms. The van der Waals surface area contributed by atoms with Crippen LogP contribution in [0.1, 0.15) is 36.8 Å². The van der Waals surface area contributed by atoms with Gasteiger partial charge < -0.3 is 9.80 Å². The van der Waals surface area contributed by atoms with Crippen molar-refractivity contribution in [2.45, 2.75) is 25.7 Å². The van der Waals surface area contributed by atoms with Crippen molar-refractivity contribution in [2.75, 3.05) is 37.0 Å². The Morgan fingerprint density at radius 1 is 0.792 bits per heavy atom. The summed E-state index contributed by atoms with van der Waals surface area (Å²) in [5.41, 5.74) is 6.02. The monoisotopic (exact) mass is 320 g/mol. The molecule has 0 saturated carbocycles. The molecule has 0 radical (unpaired) electrons. The predicted octanol–water partition coefficient (Wildman–Crippen LogP) is 5.19. The Balaban J connectivity index is 1.73. The highest BCUT2D eigenvalue weighted by molar-refractivity contribution is 5.79. The maximum atomic E-state index is 4.30. The van der Waals surface area contributed by atoms with E-state index < -0.39 is 0 Å². The van der Waals surface area contributed by atoms with Crippen LogP contribution in [0.2, 0.25) is 0 Å². The van der Waals surface area contributed by atoms with Gasteiger partial charge in [-0.05, 0) is 53.8 Å². The van der Waals surface area contributed by atoms with Crippen LogP contribution in [-0.4, -0.2) is 27.2 Å². The van der Waals surface area contributed by atoms with Crippen molar-refractivity contribution in [1.82, 2.24) is 0 Å². The first kappa shape index (κ1) is 16.6. The molecule has 126 valence electrons. The second kappa shape index (κ2) is 7.57. The van der Waals surface area contributed by atoms with E-state index in [1.165, 1.54) is 61.3 Å². The van der Waals surface area contributed by atoms with Crippen molar-refractivity contribution in [1.29, 1.82) is 0 Å². The van der Waals surface area contributed by atoms with Crippen LogP contribution in [0, 0.1) is 0 Å². The second-order valence-electron chi connectivity index (χ2n) is 6.87. The van der Waals surface area contributed by atoms with Gasteiger partial charge in [0.25, 0.3) is 0 Å². The molecule has 0 aromatic heterocycles. The van der Waals surface area contributed by atoms with E-state index in [2.05, 4.69) is 79.0 Å². The van der Waals surface area contributed by atoms with Gasteiger partial charge >= 0.3 is 0 Å². The van der Waals surface area contributed by atoms with Gasteiger partial charge in [0.15, 0.2) is 0 Å². The van der Waals surface area contributed by atoms with Crippen LogP contribution in [0.4, 0.5) is 11.4 Å². The summed E-state index contributed by atoms with van der Waals surface area (Å²) in [6.07, 6.45) is 5.36. The Hall–Kier alpha value is -2.22. The predicted molar refractivity (Wildman–Crippen MR) is 106 cm³/mol. The number of rotatable bonds is 4. The van der Waals surface area contributed by atoms with Crippen molar-refractivity contribution in [3.05, 3.63) is 66.2 Å². The Morgan fingerprint density at radius 3 is 1.79 bits per heavy atom. The first-order valence-corrected chi connectivity index (χ1v) is 8.97. The fraction of sp³-hybridized carbons (Fsp3) is 0.364. The Kier molecular flexibility index (Phi) is 5.24. The van der Waals surface area contributed by atoms with Crippen molar-refractivity contribution in [2.24, 2.45) is 0 Å². The summed E-state index contributed by atoms with van der Waals surface area (Å²) in [5.74, 6) is 0. The number of nitrogens with zero attached hydrogens (tertiary/aromatic N) is 2. The summed E-state index contributed by atoms with van der Waals surface area (Å²) in [7, 11) is 4.12. The number of anilines is 2. The Labute approximate surface area is 146 Å². The Morgan fingerprint density at radius 2 is 1.29 bits per heavy atom. The molecule has 0 N–H and O–H groups in total. The first-order chi connectivity index (χ1) is 11.6. The van der Waals surface area contributed by atoms with Crippen molar-refractivity contribution in [3.63, 3.8) is 0 Å². The molecule has 3 rings (SSSR count). The highest BCUT2D eigenvalue weighted by Crippen LogP contribution is 2.26. The molecule has 2 aromatic carbocycles. The summed E-state index contributed by atoms with van der Waals surface area (Å²) in [6, 6.07) is 17.5. The molecule has 0 amide bonds. The van der Waals surface area contributed by atoms with Crippen LogP contribution in [0.5, 0.6) is 0 Å². The van der Waals surface area contributed by atoms with Crippen molar-refractivity contribution < 1.29 is 0 Å². The summed E-state index contributed by atoms with van der Waals surface area (Å²) in [6.45, 7) is 6.67. The molecule has 0 bridgehead atoms. The highest BCUT2D eigenvalue weighted by Gasteiger charge is 2.10. The van der Waals surface area contributed by atoms with Gasteiger partial charge in [0.2, 0.25) is 0 Å². The average molecular weight is 320 g/mol. The topological polar surface area (TPSA) is 6.48 Å². The molecule has 1 fully saturated rings. The van der Waals surface area contributed by atoms with Crippen molar-refractivity contribution in [3.8, 4) is 0 Å². The molecule has 1 heterocycles. The van der Waals surface area contributed by atoms with Gasteiger partial charge in [0, 0.05) is 38.6 Å². The normalized spacial score (nSPS) is 15.0. The zero-order chi connectivity index (χ0) is 16.9. The maximum absolute atomic E-state index is 4.30. The van der Waals surface area contributed by atoms with Crippen LogP contribution in [0.3, 0.4) is 0 Å². The molecule has 0 atom stereocenters. The van der Waals surface area contributed by atoms with Gasteiger partial charge in [-0.3, -0.25) is 0 Å². The minimum Gasteiger partial charge on any atom is -0.378 e. The first-order valence-electron chi connectivity index (χ1n) is 8.97. The maximum Gasteiger partial charge on any atom is 0.0366 e. The molecule has 24 heavy (non-hydrogen) atoms. The highest BCUT2D eigenvalue weighted by atomic mass is 15.1. The zero-order valence-electron chi connectivity index (χ0n) is 15.0. The third-order valence-electron chi connectivity index (χ3n) is 4.92. The lowest BCUT2D eigenvalue weighted by Crippen LogP contribution is -2.23. The van der Waals surface area contributed by atoms with Crippen LogP contribution in [-0.2, 0) is 0 Å². The minimum atomic E-state index is 1.09. The van der Waals surface area contributed by atoms with Crippen LogP contribution < -0.4 is 9.80 Å². The Bertz CT molecular complexity index is 660. The van der Waals surface area contributed by atoms with Crippen LogP contribution in [0.15, 0.2) is 55.1 Å². The average Bonchev–Trinajstić information content (AvgIpc) is 2.91. The van der Waals surface area contributed by atoms with Gasteiger partial charge in [0.05, 0.1) is 0 Å². The number of benzene rings is 2. The van der Waals surface area contributed by atoms with Gasteiger partial charge in [-0.1, -0.05) is 43.7 Å². The molecule has 2 heteroatoms. The lowest BCUT2D eigenvalue weighted by atomic mass is 9.99. The van der Waals surface area contributed by atoms with Gasteiger partial charge in [0.1, 0.15) is 0 Å². The SMILES string of the molecule is C=C(c1ccc(N(C)C)cc1)c1ccc(N2CCCCCC2)cc1. The minimum absolute atomic E-state index is 1.09. The second-order valence-corrected chi connectivity index (χ2v) is 6.87. The molecule has 0 unspecified atom stereocenters. The van der Waals surface area contributed by atoms with Gasteiger partial charge in [-0.15, -0.1) is 0 Å². The smallest absolute Gasteiger partial charge is 0.0366 e. The molecular weight excluding hydrogens is 292 g/mol. The molecule has 0 aliphatic carbocycles. The van der Waals surface area contributed by atoms with E-state index in [1.807, 2.05) is 0 Å². The lowest BCUT2D eigenvalue weighted by Gasteiger charge is -2.23. The summed E-state index contributed by atoms with van der Waals surface area (Å²) >= 11 is 0. The third kappa shape index (κ3) is 3.81. The molecule has 2 aromatic rings. The number of hydrogen-bond donors (Lipinski definition) is 0. The van der Waals surface area contributed by atoms with E-state index in [9.17, 15) is 0 Å². The van der Waals surface area contributed by atoms with Gasteiger partial charge in [-0.25, -0.2) is 0 Å². The fourth-order valence-electron chi connectivity index (χ4n) is 3.33. The lowest BCUT2D eigenvalue weighted by molar-refractivity contribution is 0.726. The zero-order valence-corrected chi connectivity index (χ0v) is 15.0. The summed E-state index contributed by atoms with van der Waals surface area (Å²) in [4.78, 5) is 4.63. The summed E-state index contributed by atoms with van der Waals surface area (Å²) in [5, 5.41) is 0. The molecular formula is C22H28N2. The van der Waals surface area contributed by atoms with E-state index >= 15 is 0 Å². The van der Waals surface area contributed by atoms with Gasteiger partial charge in [-0.2, -0.15) is 0 Å².